The first-order chi connectivity index (χ1) is 14.9. The van der Waals surface area contributed by atoms with E-state index in [1.54, 1.807) is 19.1 Å². The molecule has 1 aliphatic rings. The number of amides is 1. The van der Waals surface area contributed by atoms with E-state index in [1.807, 2.05) is 4.90 Å². The second-order valence-corrected chi connectivity index (χ2v) is 7.52. The van der Waals surface area contributed by atoms with E-state index >= 15 is 0 Å². The van der Waals surface area contributed by atoms with Crippen LogP contribution in [0.25, 0.3) is 11.0 Å². The Bertz CT molecular complexity index is 1210. The molecule has 162 valence electrons. The van der Waals surface area contributed by atoms with Gasteiger partial charge in [0.25, 0.3) is 17.4 Å². The number of fused-ring (bicyclic) bond motifs is 1. The second kappa shape index (κ2) is 8.38. The number of aromatic nitrogens is 3. The fraction of sp³-hybridized carbons (Fsp3) is 0.333. The lowest BCUT2D eigenvalue weighted by Crippen LogP contribution is -2.48. The van der Waals surface area contributed by atoms with Gasteiger partial charge in [-0.15, -0.1) is 0 Å². The van der Waals surface area contributed by atoms with E-state index < -0.39 is 23.2 Å². The van der Waals surface area contributed by atoms with Gasteiger partial charge in [0.15, 0.2) is 11.6 Å². The molecule has 1 aromatic carbocycles. The van der Waals surface area contributed by atoms with Crippen molar-refractivity contribution in [2.75, 3.05) is 26.7 Å². The summed E-state index contributed by atoms with van der Waals surface area (Å²) in [5, 5.41) is 2.38. The van der Waals surface area contributed by atoms with Crippen LogP contribution in [0.2, 0.25) is 0 Å². The van der Waals surface area contributed by atoms with Crippen molar-refractivity contribution in [2.45, 2.75) is 13.5 Å². The third-order valence-electron chi connectivity index (χ3n) is 5.23. The highest BCUT2D eigenvalue weighted by Gasteiger charge is 2.28. The molecule has 2 N–H and O–H groups in total. The summed E-state index contributed by atoms with van der Waals surface area (Å²) < 4.78 is 34.3. The predicted octanol–water partition coefficient (Wildman–Crippen LogP) is 1.78. The minimum Gasteiger partial charge on any atom is -0.488 e. The van der Waals surface area contributed by atoms with E-state index in [0.29, 0.717) is 36.4 Å². The number of carbonyl (C=O) groups excluding carboxylic acids is 1. The first kappa shape index (κ1) is 20.9. The minimum absolute atomic E-state index is 0.0153. The van der Waals surface area contributed by atoms with Crippen molar-refractivity contribution in [3.63, 3.8) is 0 Å². The van der Waals surface area contributed by atoms with Gasteiger partial charge in [0, 0.05) is 38.2 Å². The zero-order valence-electron chi connectivity index (χ0n) is 17.0. The molecule has 2 aromatic heterocycles. The summed E-state index contributed by atoms with van der Waals surface area (Å²) in [6.45, 7) is 3.55. The summed E-state index contributed by atoms with van der Waals surface area (Å²) in [5.41, 5.74) is 0.845. The topological polar surface area (TPSA) is 100 Å². The molecule has 0 radical (unpaired) electrons. The van der Waals surface area contributed by atoms with Crippen LogP contribution in [0.3, 0.4) is 0 Å². The first-order valence-corrected chi connectivity index (χ1v) is 9.77. The molecule has 0 atom stereocenters. The summed E-state index contributed by atoms with van der Waals surface area (Å²) >= 11 is 0. The molecule has 0 saturated carbocycles. The number of hydrogen-bond donors (Lipinski definition) is 2. The van der Waals surface area contributed by atoms with Gasteiger partial charge in [-0.2, -0.15) is 4.39 Å². The number of halogens is 2. The number of carbonyl (C=O) groups is 1. The van der Waals surface area contributed by atoms with Crippen LogP contribution in [0.1, 0.15) is 21.7 Å². The van der Waals surface area contributed by atoms with E-state index in [2.05, 4.69) is 20.3 Å². The van der Waals surface area contributed by atoms with E-state index in [0.717, 1.165) is 0 Å². The number of ether oxygens (including phenoxy) is 1. The Morgan fingerprint density at radius 1 is 1.26 bits per heavy atom. The Morgan fingerprint density at radius 3 is 2.74 bits per heavy atom. The third-order valence-corrected chi connectivity index (χ3v) is 5.23. The van der Waals surface area contributed by atoms with Gasteiger partial charge in [0.1, 0.15) is 16.9 Å². The van der Waals surface area contributed by atoms with Crippen LogP contribution >= 0.6 is 0 Å². The molecular formula is C21H21F2N5O3. The van der Waals surface area contributed by atoms with Crippen LogP contribution in [-0.4, -0.2) is 52.5 Å². The lowest BCUT2D eigenvalue weighted by atomic mass is 10.00. The zero-order valence-corrected chi connectivity index (χ0v) is 17.0. The lowest BCUT2D eigenvalue weighted by molar-refractivity contribution is 0.0535. The van der Waals surface area contributed by atoms with Crippen molar-refractivity contribution in [3.05, 3.63) is 63.3 Å². The highest BCUT2D eigenvalue weighted by atomic mass is 19.1. The molecule has 1 fully saturated rings. The number of nitrogens with zero attached hydrogens (tertiary/aromatic N) is 3. The quantitative estimate of drug-likeness (QED) is 0.580. The number of aromatic amines is 1. The molecule has 0 bridgehead atoms. The number of rotatable bonds is 6. The monoisotopic (exact) mass is 429 g/mol. The zero-order chi connectivity index (χ0) is 22.1. The Hall–Kier alpha value is -3.40. The molecule has 3 aromatic rings. The van der Waals surface area contributed by atoms with E-state index in [-0.39, 0.29) is 29.5 Å². The predicted molar refractivity (Wildman–Crippen MR) is 109 cm³/mol. The summed E-state index contributed by atoms with van der Waals surface area (Å²) in [6.07, 6.45) is 0. The molecule has 31 heavy (non-hydrogen) atoms. The fourth-order valence-electron chi connectivity index (χ4n) is 3.52. The van der Waals surface area contributed by atoms with Crippen molar-refractivity contribution in [3.8, 4) is 5.75 Å². The molecule has 1 saturated heterocycles. The van der Waals surface area contributed by atoms with Crippen LogP contribution < -0.4 is 15.6 Å². The molecule has 0 unspecified atom stereocenters. The summed E-state index contributed by atoms with van der Waals surface area (Å²) in [7, 11) is 1.44. The van der Waals surface area contributed by atoms with E-state index in [9.17, 15) is 18.4 Å². The van der Waals surface area contributed by atoms with E-state index in [1.165, 1.54) is 19.2 Å². The Morgan fingerprint density at radius 2 is 2.03 bits per heavy atom. The standard InChI is InChI=1S/C21H21F2N5O3/c1-11-20(29)27-18-14(25-11)4-3-13(17(18)22)9-28-7-12(8-28)10-31-16-6-5-15(21(30)24-2)26-19(16)23/h3-6,12H,7-10H2,1-2H3,(H,24,30)(H,27,29). The molecule has 3 heterocycles. The summed E-state index contributed by atoms with van der Waals surface area (Å²) in [4.78, 5) is 35.5. The smallest absolute Gasteiger partial charge is 0.269 e. The Labute approximate surface area is 176 Å². The SMILES string of the molecule is CNC(=O)c1ccc(OCC2CN(Cc3ccc4nc(C)c(=O)[nH]c4c3F)C2)c(F)n1. The molecule has 0 spiro atoms. The summed E-state index contributed by atoms with van der Waals surface area (Å²) in [5.74, 6) is -1.65. The average Bonchev–Trinajstić information content (AvgIpc) is 2.72. The van der Waals surface area contributed by atoms with Crippen LogP contribution in [0.4, 0.5) is 8.78 Å². The first-order valence-electron chi connectivity index (χ1n) is 9.77. The average molecular weight is 429 g/mol. The van der Waals surface area contributed by atoms with Gasteiger partial charge in [0.2, 0.25) is 0 Å². The normalized spacial score (nSPS) is 14.5. The maximum atomic E-state index is 14.8. The van der Waals surface area contributed by atoms with Gasteiger partial charge in [-0.05, 0) is 25.1 Å². The van der Waals surface area contributed by atoms with Crippen molar-refractivity contribution in [2.24, 2.45) is 5.92 Å². The van der Waals surface area contributed by atoms with Gasteiger partial charge >= 0.3 is 0 Å². The second-order valence-electron chi connectivity index (χ2n) is 7.52. The van der Waals surface area contributed by atoms with Gasteiger partial charge in [-0.3, -0.25) is 14.5 Å². The summed E-state index contributed by atoms with van der Waals surface area (Å²) in [6, 6.07) is 6.13. The number of pyridine rings is 1. The Kier molecular flexibility index (Phi) is 5.64. The van der Waals surface area contributed by atoms with Gasteiger partial charge in [0.05, 0.1) is 12.1 Å². The number of hydrogen-bond acceptors (Lipinski definition) is 6. The molecule has 10 heteroatoms. The largest absolute Gasteiger partial charge is 0.488 e. The third kappa shape index (κ3) is 4.24. The number of likely N-dealkylation sites (tertiary alicyclic amines) is 1. The molecule has 0 aliphatic carbocycles. The van der Waals surface area contributed by atoms with Gasteiger partial charge < -0.3 is 15.0 Å². The van der Waals surface area contributed by atoms with Crippen molar-refractivity contribution in [1.29, 1.82) is 0 Å². The lowest BCUT2D eigenvalue weighted by Gasteiger charge is -2.39. The van der Waals surface area contributed by atoms with Gasteiger partial charge in [-0.25, -0.2) is 14.4 Å². The van der Waals surface area contributed by atoms with Crippen molar-refractivity contribution in [1.82, 2.24) is 25.2 Å². The van der Waals surface area contributed by atoms with Gasteiger partial charge in [-0.1, -0.05) is 6.07 Å². The molecular weight excluding hydrogens is 408 g/mol. The maximum Gasteiger partial charge on any atom is 0.269 e. The molecule has 4 rings (SSSR count). The van der Waals surface area contributed by atoms with Crippen LogP contribution in [0.5, 0.6) is 5.75 Å². The minimum atomic E-state index is -0.839. The van der Waals surface area contributed by atoms with Crippen LogP contribution in [0.15, 0.2) is 29.1 Å². The maximum absolute atomic E-state index is 14.8. The molecule has 8 nitrogen and oxygen atoms in total. The number of H-pyrrole nitrogens is 1. The van der Waals surface area contributed by atoms with Crippen molar-refractivity contribution < 1.29 is 18.3 Å². The Balaban J connectivity index is 1.33. The van der Waals surface area contributed by atoms with Crippen LogP contribution in [0, 0.1) is 24.6 Å². The molecule has 1 amide bonds. The van der Waals surface area contributed by atoms with Crippen molar-refractivity contribution >= 4 is 16.9 Å². The molecule has 1 aliphatic heterocycles. The van der Waals surface area contributed by atoms with Crippen LogP contribution in [-0.2, 0) is 6.54 Å². The van der Waals surface area contributed by atoms with E-state index in [4.69, 9.17) is 4.74 Å². The highest BCUT2D eigenvalue weighted by molar-refractivity contribution is 5.92. The number of nitrogens with one attached hydrogen (secondary N) is 2. The number of benzene rings is 1. The highest BCUT2D eigenvalue weighted by Crippen LogP contribution is 2.24. The number of aryl methyl sites for hydroxylation is 1. The fourth-order valence-corrected chi connectivity index (χ4v) is 3.52.